The summed E-state index contributed by atoms with van der Waals surface area (Å²) in [7, 11) is 0. The van der Waals surface area contributed by atoms with Crippen molar-refractivity contribution >= 4 is 5.91 Å². The molecule has 33 heavy (non-hydrogen) atoms. The van der Waals surface area contributed by atoms with Gasteiger partial charge in [-0.05, 0) is 44.2 Å². The van der Waals surface area contributed by atoms with Gasteiger partial charge in [-0.25, -0.2) is 9.97 Å². The molecule has 3 atom stereocenters. The fraction of sp³-hybridized carbons (Fsp3) is 0.577. The number of nitrogens with zero attached hydrogens (tertiary/aromatic N) is 3. The zero-order chi connectivity index (χ0) is 22.5. The second kappa shape index (κ2) is 10.3. The predicted molar refractivity (Wildman–Crippen MR) is 128 cm³/mol. The van der Waals surface area contributed by atoms with E-state index in [1.807, 2.05) is 24.3 Å². The first-order chi connectivity index (χ1) is 16.2. The highest BCUT2D eigenvalue weighted by molar-refractivity contribution is 5.83. The van der Waals surface area contributed by atoms with Crippen LogP contribution >= 0.6 is 0 Å². The van der Waals surface area contributed by atoms with E-state index in [0.717, 1.165) is 82.2 Å². The molecule has 1 saturated carbocycles. The maximum absolute atomic E-state index is 13.5. The average Bonchev–Trinajstić information content (AvgIpc) is 2.89. The van der Waals surface area contributed by atoms with Crippen LogP contribution in [-0.4, -0.2) is 72.8 Å². The number of hydrogen-bond acceptors (Lipinski definition) is 6. The molecule has 0 radical (unpaired) electrons. The molecule has 2 aromatic rings. The summed E-state index contributed by atoms with van der Waals surface area (Å²) in [6.07, 6.45) is 6.69. The second-order valence-electron chi connectivity index (χ2n) is 9.63. The molecule has 0 bridgehead atoms. The molecule has 3 aliphatic rings. The van der Waals surface area contributed by atoms with E-state index >= 15 is 0 Å². The van der Waals surface area contributed by atoms with Gasteiger partial charge in [-0.3, -0.25) is 9.69 Å². The van der Waals surface area contributed by atoms with Crippen LogP contribution < -0.4 is 10.6 Å². The minimum absolute atomic E-state index is 0.208. The first kappa shape index (κ1) is 22.4. The Morgan fingerprint density at radius 3 is 2.88 bits per heavy atom. The van der Waals surface area contributed by atoms with E-state index in [9.17, 15) is 4.79 Å². The van der Waals surface area contributed by atoms with Gasteiger partial charge in [0.15, 0.2) is 0 Å². The predicted octanol–water partition coefficient (Wildman–Crippen LogP) is 2.28. The molecule has 2 aliphatic heterocycles. The normalized spacial score (nSPS) is 28.1. The number of carbonyl (C=O) groups excluding carboxylic acids is 1. The van der Waals surface area contributed by atoms with Crippen LogP contribution in [0.4, 0.5) is 0 Å². The number of ether oxygens (including phenoxy) is 1. The average molecular weight is 450 g/mol. The van der Waals surface area contributed by atoms with Crippen LogP contribution in [0.15, 0.2) is 42.6 Å². The van der Waals surface area contributed by atoms with E-state index in [4.69, 9.17) is 9.72 Å². The highest BCUT2D eigenvalue weighted by atomic mass is 16.5. The molecular weight excluding hydrogens is 414 g/mol. The van der Waals surface area contributed by atoms with Gasteiger partial charge in [-0.2, -0.15) is 0 Å². The number of rotatable bonds is 6. The number of piperidine rings is 1. The minimum Gasteiger partial charge on any atom is -0.379 e. The third-order valence-corrected chi connectivity index (χ3v) is 7.80. The number of hydrogen-bond donors (Lipinski definition) is 2. The van der Waals surface area contributed by atoms with Crippen LogP contribution in [-0.2, 0) is 16.0 Å². The SMILES string of the molecule is O=C(NCCc1nccc(-c2ccccc2)n1)[C@@]12CCC(N3CCOCC3)C[C@H]1CCNC2. The van der Waals surface area contributed by atoms with Crippen LogP contribution in [0.25, 0.3) is 11.3 Å². The van der Waals surface area contributed by atoms with Crippen molar-refractivity contribution in [2.45, 2.75) is 38.1 Å². The van der Waals surface area contributed by atoms with Gasteiger partial charge in [-0.15, -0.1) is 0 Å². The van der Waals surface area contributed by atoms with Gasteiger partial charge in [-0.1, -0.05) is 30.3 Å². The van der Waals surface area contributed by atoms with Crippen molar-refractivity contribution in [2.24, 2.45) is 11.3 Å². The number of aromatic nitrogens is 2. The Bertz CT molecular complexity index is 933. The van der Waals surface area contributed by atoms with Crippen LogP contribution in [0.1, 0.15) is 31.5 Å². The van der Waals surface area contributed by atoms with Gasteiger partial charge in [0.05, 0.1) is 24.3 Å². The third kappa shape index (κ3) is 4.95. The number of amides is 1. The van der Waals surface area contributed by atoms with Crippen molar-refractivity contribution in [1.29, 1.82) is 0 Å². The first-order valence-corrected chi connectivity index (χ1v) is 12.4. The van der Waals surface area contributed by atoms with E-state index in [1.54, 1.807) is 6.20 Å². The van der Waals surface area contributed by atoms with E-state index in [0.29, 0.717) is 24.9 Å². The number of morpholine rings is 1. The minimum atomic E-state index is -0.284. The van der Waals surface area contributed by atoms with Crippen molar-refractivity contribution in [2.75, 3.05) is 45.9 Å². The lowest BCUT2D eigenvalue weighted by molar-refractivity contribution is -0.140. The summed E-state index contributed by atoms with van der Waals surface area (Å²) in [5, 5.41) is 6.77. The first-order valence-electron chi connectivity index (χ1n) is 12.4. The lowest BCUT2D eigenvalue weighted by atomic mass is 9.61. The molecule has 1 aliphatic carbocycles. The largest absolute Gasteiger partial charge is 0.379 e. The summed E-state index contributed by atoms with van der Waals surface area (Å²) in [6.45, 7) is 6.09. The lowest BCUT2D eigenvalue weighted by Gasteiger charge is -2.50. The Morgan fingerprint density at radius 2 is 2.03 bits per heavy atom. The fourth-order valence-corrected chi connectivity index (χ4v) is 5.92. The Kier molecular flexibility index (Phi) is 6.99. The Balaban J connectivity index is 1.19. The molecular formula is C26H35N5O2. The highest BCUT2D eigenvalue weighted by Gasteiger charge is 2.50. The van der Waals surface area contributed by atoms with Crippen molar-refractivity contribution < 1.29 is 9.53 Å². The highest BCUT2D eigenvalue weighted by Crippen LogP contribution is 2.46. The summed E-state index contributed by atoms with van der Waals surface area (Å²) >= 11 is 0. The van der Waals surface area contributed by atoms with E-state index < -0.39 is 0 Å². The fourth-order valence-electron chi connectivity index (χ4n) is 5.92. The number of benzene rings is 1. The molecule has 7 heteroatoms. The van der Waals surface area contributed by atoms with Crippen LogP contribution in [0.3, 0.4) is 0 Å². The quantitative estimate of drug-likeness (QED) is 0.705. The zero-order valence-electron chi connectivity index (χ0n) is 19.3. The molecule has 3 fully saturated rings. The molecule has 1 aromatic carbocycles. The van der Waals surface area contributed by atoms with E-state index in [-0.39, 0.29) is 11.3 Å². The van der Waals surface area contributed by atoms with Gasteiger partial charge in [0.2, 0.25) is 5.91 Å². The van der Waals surface area contributed by atoms with Crippen molar-refractivity contribution in [1.82, 2.24) is 25.5 Å². The lowest BCUT2D eigenvalue weighted by Crippen LogP contribution is -2.60. The van der Waals surface area contributed by atoms with Crippen molar-refractivity contribution in [3.63, 3.8) is 0 Å². The Morgan fingerprint density at radius 1 is 1.18 bits per heavy atom. The molecule has 0 spiro atoms. The van der Waals surface area contributed by atoms with Crippen molar-refractivity contribution in [3.8, 4) is 11.3 Å². The summed E-state index contributed by atoms with van der Waals surface area (Å²) in [5.74, 6) is 1.42. The Hall–Kier alpha value is -2.35. The third-order valence-electron chi connectivity index (χ3n) is 7.80. The maximum atomic E-state index is 13.5. The standard InChI is InChI=1S/C26H35N5O2/c32-25(29-13-9-24-28-12-8-23(30-24)20-4-2-1-3-5-20)26-10-6-22(31-14-16-33-17-15-31)18-21(26)7-11-27-19-26/h1-5,8,12,21-22,27H,6-7,9-11,13-19H2,(H,29,32)/t21-,22?,26-/m1/s1. The summed E-state index contributed by atoms with van der Waals surface area (Å²) in [5.41, 5.74) is 1.72. The topological polar surface area (TPSA) is 79.4 Å². The number of fused-ring (bicyclic) bond motifs is 1. The summed E-state index contributed by atoms with van der Waals surface area (Å²) < 4.78 is 5.54. The van der Waals surface area contributed by atoms with E-state index in [1.165, 1.54) is 0 Å². The molecule has 2 N–H and O–H groups in total. The maximum Gasteiger partial charge on any atom is 0.227 e. The van der Waals surface area contributed by atoms with Gasteiger partial charge in [0.25, 0.3) is 0 Å². The molecule has 1 amide bonds. The molecule has 1 aromatic heterocycles. The number of carbonyl (C=O) groups is 1. The van der Waals surface area contributed by atoms with Crippen LogP contribution in [0.2, 0.25) is 0 Å². The van der Waals surface area contributed by atoms with Gasteiger partial charge in [0.1, 0.15) is 5.82 Å². The molecule has 2 saturated heterocycles. The Labute approximate surface area is 196 Å². The molecule has 1 unspecified atom stereocenters. The summed E-state index contributed by atoms with van der Waals surface area (Å²) in [4.78, 5) is 25.2. The monoisotopic (exact) mass is 449 g/mol. The van der Waals surface area contributed by atoms with Crippen LogP contribution in [0.5, 0.6) is 0 Å². The summed E-state index contributed by atoms with van der Waals surface area (Å²) in [6, 6.07) is 12.7. The molecule has 3 heterocycles. The van der Waals surface area contributed by atoms with Crippen molar-refractivity contribution in [3.05, 3.63) is 48.4 Å². The van der Waals surface area contributed by atoms with Gasteiger partial charge < -0.3 is 15.4 Å². The van der Waals surface area contributed by atoms with Gasteiger partial charge >= 0.3 is 0 Å². The molecule has 176 valence electrons. The van der Waals surface area contributed by atoms with Crippen LogP contribution in [0, 0.1) is 11.3 Å². The zero-order valence-corrected chi connectivity index (χ0v) is 19.3. The van der Waals surface area contributed by atoms with E-state index in [2.05, 4.69) is 32.7 Å². The number of nitrogens with one attached hydrogen (secondary N) is 2. The molecule has 5 rings (SSSR count). The smallest absolute Gasteiger partial charge is 0.227 e. The van der Waals surface area contributed by atoms with Gasteiger partial charge in [0, 0.05) is 50.4 Å². The second-order valence-corrected chi connectivity index (χ2v) is 9.63. The molecule has 7 nitrogen and oxygen atoms in total.